The second-order valence-electron chi connectivity index (χ2n) is 8.03. The van der Waals surface area contributed by atoms with Crippen LogP contribution in [-0.2, 0) is 10.7 Å². The van der Waals surface area contributed by atoms with E-state index in [4.69, 9.17) is 16.4 Å². The Morgan fingerprint density at radius 3 is 2.13 bits per heavy atom. The van der Waals surface area contributed by atoms with E-state index in [2.05, 4.69) is 63.9 Å². The Kier molecular flexibility index (Phi) is 6.16. The summed E-state index contributed by atoms with van der Waals surface area (Å²) in [5.41, 5.74) is 2.55. The van der Waals surface area contributed by atoms with Crippen molar-refractivity contribution in [3.8, 4) is 0 Å². The lowest BCUT2D eigenvalue weighted by atomic mass is 9.82. The maximum absolute atomic E-state index is 6.62. The molecule has 1 saturated heterocycles. The highest BCUT2D eigenvalue weighted by atomic mass is 35.5. The Labute approximate surface area is 147 Å². The van der Waals surface area contributed by atoms with Crippen molar-refractivity contribution in [1.82, 2.24) is 5.06 Å². The van der Waals surface area contributed by atoms with Crippen molar-refractivity contribution >= 4 is 11.6 Å². The first-order valence-corrected chi connectivity index (χ1v) is 9.45. The van der Waals surface area contributed by atoms with Gasteiger partial charge in [0.15, 0.2) is 0 Å². The molecule has 1 aliphatic heterocycles. The van der Waals surface area contributed by atoms with E-state index in [-0.39, 0.29) is 17.2 Å². The number of nitrogens with zero attached hydrogens (tertiary/aromatic N) is 1. The lowest BCUT2D eigenvalue weighted by molar-refractivity contribution is -0.308. The van der Waals surface area contributed by atoms with E-state index in [0.717, 1.165) is 18.4 Å². The third-order valence-electron chi connectivity index (χ3n) is 4.97. The zero-order chi connectivity index (χ0) is 17.1. The fraction of sp³-hybridized carbons (Fsp3) is 0.700. The highest BCUT2D eigenvalue weighted by Crippen LogP contribution is 2.41. The largest absolute Gasteiger partial charge is 0.290 e. The number of hydroxylamine groups is 2. The van der Waals surface area contributed by atoms with E-state index >= 15 is 0 Å². The van der Waals surface area contributed by atoms with Crippen molar-refractivity contribution in [2.75, 3.05) is 0 Å². The van der Waals surface area contributed by atoms with Crippen LogP contribution < -0.4 is 0 Å². The first kappa shape index (κ1) is 18.8. The second-order valence-corrected chi connectivity index (χ2v) is 8.30. The van der Waals surface area contributed by atoms with Gasteiger partial charge in [0, 0.05) is 17.0 Å². The number of halogens is 1. The fourth-order valence-electron chi connectivity index (χ4n) is 3.75. The van der Waals surface area contributed by atoms with Gasteiger partial charge in [-0.05, 0) is 64.5 Å². The Morgan fingerprint density at radius 1 is 1.09 bits per heavy atom. The summed E-state index contributed by atoms with van der Waals surface area (Å²) in [6, 6.07) is 8.56. The molecule has 0 aliphatic carbocycles. The molecule has 3 heteroatoms. The minimum absolute atomic E-state index is 0.0732. The van der Waals surface area contributed by atoms with Crippen molar-refractivity contribution in [3.63, 3.8) is 0 Å². The molecular weight excluding hydrogens is 306 g/mol. The van der Waals surface area contributed by atoms with Crippen LogP contribution in [0.25, 0.3) is 0 Å². The van der Waals surface area contributed by atoms with Crippen LogP contribution >= 0.6 is 11.6 Å². The summed E-state index contributed by atoms with van der Waals surface area (Å²) in [4.78, 5) is 6.62. The molecule has 0 N–H and O–H groups in total. The minimum Gasteiger partial charge on any atom is -0.290 e. The molecule has 1 aromatic rings. The summed E-state index contributed by atoms with van der Waals surface area (Å²) in [5.74, 6) is 0.561. The maximum Gasteiger partial charge on any atom is 0.104 e. The average molecular weight is 338 g/mol. The van der Waals surface area contributed by atoms with Crippen LogP contribution in [-0.4, -0.2) is 16.1 Å². The molecule has 0 radical (unpaired) electrons. The molecule has 2 nitrogen and oxygen atoms in total. The molecular formula is C20H32ClNO. The quantitative estimate of drug-likeness (QED) is 0.569. The van der Waals surface area contributed by atoms with Gasteiger partial charge in [0.05, 0.1) is 0 Å². The van der Waals surface area contributed by atoms with Gasteiger partial charge in [0.1, 0.15) is 6.10 Å². The van der Waals surface area contributed by atoms with Crippen LogP contribution in [0.15, 0.2) is 24.3 Å². The van der Waals surface area contributed by atoms with Crippen LogP contribution in [0.4, 0.5) is 0 Å². The Balaban J connectivity index is 2.22. The van der Waals surface area contributed by atoms with E-state index in [1.165, 1.54) is 24.8 Å². The van der Waals surface area contributed by atoms with Gasteiger partial charge in [-0.2, -0.15) is 5.06 Å². The molecule has 1 fully saturated rings. The van der Waals surface area contributed by atoms with Gasteiger partial charge in [0.25, 0.3) is 0 Å². The van der Waals surface area contributed by atoms with Crippen LogP contribution in [0.3, 0.4) is 0 Å². The van der Waals surface area contributed by atoms with Gasteiger partial charge in [-0.25, -0.2) is 0 Å². The zero-order valence-corrected chi connectivity index (χ0v) is 16.1. The molecule has 1 aliphatic rings. The summed E-state index contributed by atoms with van der Waals surface area (Å²) in [6.45, 7) is 11.4. The van der Waals surface area contributed by atoms with Crippen molar-refractivity contribution in [1.29, 1.82) is 0 Å². The summed E-state index contributed by atoms with van der Waals surface area (Å²) in [6.07, 6.45) is 5.88. The predicted octanol–water partition coefficient (Wildman–Crippen LogP) is 6.24. The van der Waals surface area contributed by atoms with E-state index in [1.807, 2.05) is 0 Å². The number of alkyl halides is 1. The lowest BCUT2D eigenvalue weighted by Crippen LogP contribution is -2.58. The number of hydrogen-bond donors (Lipinski definition) is 0. The van der Waals surface area contributed by atoms with Gasteiger partial charge in [-0.15, -0.1) is 11.6 Å². The Bertz CT molecular complexity index is 479. The Morgan fingerprint density at radius 2 is 1.65 bits per heavy atom. The summed E-state index contributed by atoms with van der Waals surface area (Å²) >= 11 is 5.91. The molecule has 130 valence electrons. The molecule has 1 heterocycles. The molecule has 23 heavy (non-hydrogen) atoms. The first-order valence-electron chi connectivity index (χ1n) is 8.92. The van der Waals surface area contributed by atoms with Crippen molar-refractivity contribution in [2.24, 2.45) is 0 Å². The zero-order valence-electron chi connectivity index (χ0n) is 15.4. The molecule has 2 rings (SSSR count). The topological polar surface area (TPSA) is 12.5 Å². The molecule has 0 aromatic heterocycles. The van der Waals surface area contributed by atoms with E-state index in [0.29, 0.717) is 5.88 Å². The van der Waals surface area contributed by atoms with Crippen molar-refractivity contribution < 1.29 is 4.84 Å². The van der Waals surface area contributed by atoms with Gasteiger partial charge < -0.3 is 0 Å². The van der Waals surface area contributed by atoms with Gasteiger partial charge in [0.2, 0.25) is 0 Å². The molecule has 0 amide bonds. The molecule has 0 spiro atoms. The predicted molar refractivity (Wildman–Crippen MR) is 98.6 cm³/mol. The number of benzene rings is 1. The van der Waals surface area contributed by atoms with Crippen molar-refractivity contribution in [3.05, 3.63) is 35.4 Å². The highest BCUT2D eigenvalue weighted by molar-refractivity contribution is 6.17. The van der Waals surface area contributed by atoms with Gasteiger partial charge in [-0.3, -0.25) is 4.84 Å². The first-order chi connectivity index (χ1) is 10.8. The van der Waals surface area contributed by atoms with Crippen LogP contribution in [0, 0.1) is 0 Å². The lowest BCUT2D eigenvalue weighted by Gasteiger charge is -2.52. The standard InChI is InChI=1S/C20H32ClNO/c1-6-8-18(17-11-9-16(15-21)10-12-17)23-22-19(2,3)13-7-14-20(22,4)5/h9-12,18H,6-8,13-15H2,1-5H3. The van der Waals surface area contributed by atoms with Crippen LogP contribution in [0.5, 0.6) is 0 Å². The monoisotopic (exact) mass is 337 g/mol. The fourth-order valence-corrected chi connectivity index (χ4v) is 3.93. The van der Waals surface area contributed by atoms with Crippen LogP contribution in [0.1, 0.15) is 84.0 Å². The molecule has 1 atom stereocenters. The van der Waals surface area contributed by atoms with E-state index in [1.54, 1.807) is 0 Å². The normalized spacial score (nSPS) is 22.0. The van der Waals surface area contributed by atoms with Crippen molar-refractivity contribution in [2.45, 2.75) is 89.8 Å². The molecule has 1 aromatic carbocycles. The average Bonchev–Trinajstić information content (AvgIpc) is 2.49. The molecule has 0 bridgehead atoms. The molecule has 0 saturated carbocycles. The minimum atomic E-state index is 0.0732. The third kappa shape index (κ3) is 4.49. The summed E-state index contributed by atoms with van der Waals surface area (Å²) in [5, 5.41) is 2.28. The second kappa shape index (κ2) is 7.55. The van der Waals surface area contributed by atoms with Gasteiger partial charge in [-0.1, -0.05) is 37.6 Å². The highest BCUT2D eigenvalue weighted by Gasteiger charge is 2.43. The third-order valence-corrected chi connectivity index (χ3v) is 5.27. The maximum atomic E-state index is 6.62. The number of piperidine rings is 1. The number of rotatable bonds is 6. The van der Waals surface area contributed by atoms with Gasteiger partial charge >= 0.3 is 0 Å². The van der Waals surface area contributed by atoms with E-state index in [9.17, 15) is 0 Å². The summed E-state index contributed by atoms with van der Waals surface area (Å²) in [7, 11) is 0. The van der Waals surface area contributed by atoms with E-state index < -0.39 is 0 Å². The molecule has 1 unspecified atom stereocenters. The smallest absolute Gasteiger partial charge is 0.104 e. The Hall–Kier alpha value is -0.570. The summed E-state index contributed by atoms with van der Waals surface area (Å²) < 4.78 is 0. The SMILES string of the molecule is CCCC(ON1C(C)(C)CCCC1(C)C)c1ccc(CCl)cc1. The number of hydrogen-bond acceptors (Lipinski definition) is 2. The van der Waals surface area contributed by atoms with Crippen LogP contribution in [0.2, 0.25) is 0 Å².